The fourth-order valence-electron chi connectivity index (χ4n) is 2.15. The van der Waals surface area contributed by atoms with Crippen LogP contribution in [0.3, 0.4) is 0 Å². The average molecular weight is 319 g/mol. The number of H-pyrrole nitrogens is 1. The van der Waals surface area contributed by atoms with Crippen LogP contribution in [0.5, 0.6) is 0 Å². The Morgan fingerprint density at radius 1 is 1.43 bits per heavy atom. The summed E-state index contributed by atoms with van der Waals surface area (Å²) in [6.45, 7) is 0. The molecule has 8 nitrogen and oxygen atoms in total. The van der Waals surface area contributed by atoms with Crippen molar-refractivity contribution in [3.63, 3.8) is 0 Å². The van der Waals surface area contributed by atoms with Crippen molar-refractivity contribution in [2.24, 2.45) is 7.05 Å². The van der Waals surface area contributed by atoms with Gasteiger partial charge in [-0.2, -0.15) is 10.3 Å². The van der Waals surface area contributed by atoms with Crippen molar-refractivity contribution in [1.29, 1.82) is 0 Å². The molecule has 0 fully saturated rings. The topological polar surface area (TPSA) is 93.8 Å². The van der Waals surface area contributed by atoms with Crippen molar-refractivity contribution in [2.45, 2.75) is 10.8 Å². The first kappa shape index (κ1) is 12.5. The van der Waals surface area contributed by atoms with Crippen molar-refractivity contribution in [1.82, 2.24) is 34.6 Å². The number of aryl methyl sites for hydroxylation is 1. The van der Waals surface area contributed by atoms with E-state index >= 15 is 0 Å². The number of hydrogen-bond acceptors (Lipinski definition) is 7. The van der Waals surface area contributed by atoms with E-state index in [0.29, 0.717) is 16.2 Å². The smallest absolute Gasteiger partial charge is 0.272 e. The number of nitrogens with one attached hydrogen (secondary N) is 1. The van der Waals surface area contributed by atoms with Gasteiger partial charge in [-0.3, -0.25) is 13.8 Å². The SMILES string of the molecule is Cn1c(=O)c2sccc2n2c(CSc3cn[nH]n3)nnc12. The third kappa shape index (κ3) is 1.87. The second-order valence-electron chi connectivity index (χ2n) is 4.35. The lowest BCUT2D eigenvalue weighted by atomic mass is 10.4. The van der Waals surface area contributed by atoms with Crippen molar-refractivity contribution in [3.8, 4) is 0 Å². The van der Waals surface area contributed by atoms with Gasteiger partial charge in [0.25, 0.3) is 5.56 Å². The zero-order chi connectivity index (χ0) is 14.4. The molecule has 10 heteroatoms. The summed E-state index contributed by atoms with van der Waals surface area (Å²) >= 11 is 2.94. The first-order chi connectivity index (χ1) is 10.3. The molecule has 106 valence electrons. The predicted molar refractivity (Wildman–Crippen MR) is 79.6 cm³/mol. The normalized spacial score (nSPS) is 11.7. The Bertz CT molecular complexity index is 981. The van der Waals surface area contributed by atoms with E-state index in [9.17, 15) is 4.79 Å². The molecule has 0 bridgehead atoms. The van der Waals surface area contributed by atoms with Crippen LogP contribution < -0.4 is 5.56 Å². The van der Waals surface area contributed by atoms with Crippen LogP contribution in [-0.2, 0) is 12.8 Å². The molecule has 0 aliphatic heterocycles. The Kier molecular flexibility index (Phi) is 2.79. The molecule has 0 unspecified atom stereocenters. The van der Waals surface area contributed by atoms with Gasteiger partial charge in [-0.1, -0.05) is 11.8 Å². The fourth-order valence-corrected chi connectivity index (χ4v) is 3.69. The molecule has 4 aromatic rings. The Labute approximate surface area is 125 Å². The van der Waals surface area contributed by atoms with Gasteiger partial charge < -0.3 is 0 Å². The highest BCUT2D eigenvalue weighted by atomic mass is 32.2. The number of aromatic amines is 1. The van der Waals surface area contributed by atoms with Gasteiger partial charge in [0, 0.05) is 7.05 Å². The van der Waals surface area contributed by atoms with Crippen LogP contribution in [0, 0.1) is 0 Å². The second-order valence-corrected chi connectivity index (χ2v) is 6.26. The maximum absolute atomic E-state index is 12.2. The average Bonchev–Trinajstić information content (AvgIpc) is 3.20. The Morgan fingerprint density at radius 2 is 2.33 bits per heavy atom. The molecule has 0 aliphatic rings. The Morgan fingerprint density at radius 3 is 3.14 bits per heavy atom. The summed E-state index contributed by atoms with van der Waals surface area (Å²) in [5.41, 5.74) is 0.800. The lowest BCUT2D eigenvalue weighted by Crippen LogP contribution is -2.19. The van der Waals surface area contributed by atoms with E-state index in [2.05, 4.69) is 25.6 Å². The van der Waals surface area contributed by atoms with Crippen LogP contribution in [0.4, 0.5) is 0 Å². The molecule has 0 saturated heterocycles. The lowest BCUT2D eigenvalue weighted by molar-refractivity contribution is 0.860. The van der Waals surface area contributed by atoms with Crippen LogP contribution in [-0.4, -0.2) is 34.6 Å². The van der Waals surface area contributed by atoms with Gasteiger partial charge in [0.15, 0.2) is 0 Å². The molecule has 0 saturated carbocycles. The molecule has 0 radical (unpaired) electrons. The summed E-state index contributed by atoms with van der Waals surface area (Å²) in [6, 6.07) is 1.92. The number of thioether (sulfide) groups is 1. The highest BCUT2D eigenvalue weighted by Crippen LogP contribution is 2.23. The summed E-state index contributed by atoms with van der Waals surface area (Å²) in [7, 11) is 1.71. The number of rotatable bonds is 3. The molecule has 1 N–H and O–H groups in total. The lowest BCUT2D eigenvalue weighted by Gasteiger charge is -2.04. The first-order valence-corrected chi connectivity index (χ1v) is 7.91. The van der Waals surface area contributed by atoms with E-state index in [1.807, 2.05) is 15.8 Å². The minimum absolute atomic E-state index is 0.0457. The second kappa shape index (κ2) is 4.67. The van der Waals surface area contributed by atoms with Crippen LogP contribution in [0.1, 0.15) is 5.82 Å². The Balaban J connectivity index is 1.88. The fraction of sp³-hybridized carbons (Fsp3) is 0.182. The summed E-state index contributed by atoms with van der Waals surface area (Å²) < 4.78 is 4.15. The zero-order valence-corrected chi connectivity index (χ0v) is 12.5. The third-order valence-corrected chi connectivity index (χ3v) is 4.93. The van der Waals surface area contributed by atoms with E-state index in [1.165, 1.54) is 27.7 Å². The quantitative estimate of drug-likeness (QED) is 0.567. The van der Waals surface area contributed by atoms with Gasteiger partial charge in [0.2, 0.25) is 5.78 Å². The monoisotopic (exact) mass is 319 g/mol. The van der Waals surface area contributed by atoms with E-state index in [-0.39, 0.29) is 5.56 Å². The maximum atomic E-state index is 12.2. The van der Waals surface area contributed by atoms with Crippen LogP contribution in [0.25, 0.3) is 16.0 Å². The van der Waals surface area contributed by atoms with Gasteiger partial charge in [-0.15, -0.1) is 26.6 Å². The summed E-state index contributed by atoms with van der Waals surface area (Å²) in [4.78, 5) is 12.2. The van der Waals surface area contributed by atoms with E-state index in [4.69, 9.17) is 0 Å². The van der Waals surface area contributed by atoms with Gasteiger partial charge in [0.05, 0.1) is 17.5 Å². The van der Waals surface area contributed by atoms with E-state index in [0.717, 1.165) is 16.4 Å². The first-order valence-electron chi connectivity index (χ1n) is 6.04. The molecule has 0 aromatic carbocycles. The number of thiophene rings is 1. The molecule has 0 spiro atoms. The molecule has 4 aromatic heterocycles. The van der Waals surface area contributed by atoms with Gasteiger partial charge in [-0.05, 0) is 11.4 Å². The molecule has 0 amide bonds. The minimum atomic E-state index is -0.0457. The van der Waals surface area contributed by atoms with Crippen molar-refractivity contribution in [2.75, 3.05) is 0 Å². The van der Waals surface area contributed by atoms with E-state index < -0.39 is 0 Å². The molecule has 0 aliphatic carbocycles. The summed E-state index contributed by atoms with van der Waals surface area (Å²) in [5, 5.41) is 21.4. The summed E-state index contributed by atoms with van der Waals surface area (Å²) in [5.74, 6) is 1.91. The molecule has 21 heavy (non-hydrogen) atoms. The minimum Gasteiger partial charge on any atom is -0.279 e. The zero-order valence-electron chi connectivity index (χ0n) is 10.8. The van der Waals surface area contributed by atoms with Gasteiger partial charge in [0.1, 0.15) is 15.6 Å². The predicted octanol–water partition coefficient (Wildman–Crippen LogP) is 1.05. The maximum Gasteiger partial charge on any atom is 0.272 e. The van der Waals surface area contributed by atoms with Crippen LogP contribution in [0.2, 0.25) is 0 Å². The van der Waals surface area contributed by atoms with Crippen molar-refractivity contribution >= 4 is 39.1 Å². The van der Waals surface area contributed by atoms with Gasteiger partial charge in [-0.25, -0.2) is 0 Å². The number of nitrogens with zero attached hydrogens (tertiary/aromatic N) is 6. The van der Waals surface area contributed by atoms with Crippen LogP contribution in [0.15, 0.2) is 27.5 Å². The van der Waals surface area contributed by atoms with Crippen molar-refractivity contribution < 1.29 is 0 Å². The highest BCUT2D eigenvalue weighted by Gasteiger charge is 2.15. The highest BCUT2D eigenvalue weighted by molar-refractivity contribution is 7.98. The van der Waals surface area contributed by atoms with Crippen molar-refractivity contribution in [3.05, 3.63) is 33.8 Å². The number of aromatic nitrogens is 7. The van der Waals surface area contributed by atoms with Gasteiger partial charge >= 0.3 is 0 Å². The van der Waals surface area contributed by atoms with Crippen LogP contribution >= 0.6 is 23.1 Å². The largest absolute Gasteiger partial charge is 0.279 e. The number of fused-ring (bicyclic) bond motifs is 3. The molecule has 4 heterocycles. The van der Waals surface area contributed by atoms with E-state index in [1.54, 1.807) is 13.2 Å². The molecule has 4 rings (SSSR count). The molecular weight excluding hydrogens is 310 g/mol. The number of hydrogen-bond donors (Lipinski definition) is 1. The molecule has 0 atom stereocenters. The summed E-state index contributed by atoms with van der Waals surface area (Å²) in [6.07, 6.45) is 1.66. The molecular formula is C11H9N7OS2. The third-order valence-electron chi connectivity index (χ3n) is 3.14. The standard InChI is InChI=1S/C11H9N7OS2/c1-17-10(19)9-6(2-3-20-9)18-7(13-15-11(17)18)5-21-8-4-12-16-14-8/h2-4H,5H2,1H3,(H,12,14,16). The Hall–Kier alpha value is -2.20.